The van der Waals surface area contributed by atoms with Crippen molar-refractivity contribution in [3.63, 3.8) is 0 Å². The quantitative estimate of drug-likeness (QED) is 0.285. The van der Waals surface area contributed by atoms with Gasteiger partial charge in [-0.3, -0.25) is 4.79 Å². The Kier molecular flexibility index (Phi) is 6.40. The second kappa shape index (κ2) is 9.39. The van der Waals surface area contributed by atoms with Crippen LogP contribution in [0.3, 0.4) is 0 Å². The minimum atomic E-state index is -0.891. The van der Waals surface area contributed by atoms with E-state index in [0.717, 1.165) is 43.8 Å². The summed E-state index contributed by atoms with van der Waals surface area (Å²) in [6.07, 6.45) is 0. The van der Waals surface area contributed by atoms with Crippen LogP contribution in [0.5, 0.6) is 5.75 Å². The summed E-state index contributed by atoms with van der Waals surface area (Å²) in [5.41, 5.74) is 4.03. The maximum absolute atomic E-state index is 11.3. The molecule has 0 amide bonds. The van der Waals surface area contributed by atoms with Gasteiger partial charge < -0.3 is 19.9 Å². The molecule has 4 aromatic carbocycles. The van der Waals surface area contributed by atoms with Crippen molar-refractivity contribution in [1.29, 1.82) is 0 Å². The third kappa shape index (κ3) is 4.31. The van der Waals surface area contributed by atoms with Gasteiger partial charge in [0.15, 0.2) is 6.79 Å². The molecule has 1 unspecified atom stereocenters. The monoisotopic (exact) mass is 429 g/mol. The molecule has 5 nitrogen and oxygen atoms in total. The zero-order valence-corrected chi connectivity index (χ0v) is 18.5. The van der Waals surface area contributed by atoms with E-state index < -0.39 is 12.0 Å². The lowest BCUT2D eigenvalue weighted by Gasteiger charge is -2.20. The Bertz CT molecular complexity index is 1230. The Hall–Kier alpha value is -3.41. The highest BCUT2D eigenvalue weighted by Crippen LogP contribution is 2.42. The normalized spacial score (nSPS) is 12.2. The summed E-state index contributed by atoms with van der Waals surface area (Å²) in [4.78, 5) is 11.3. The fourth-order valence-electron chi connectivity index (χ4n) is 4.11. The van der Waals surface area contributed by atoms with E-state index in [0.29, 0.717) is 12.3 Å². The SMILES string of the molecule is COCOc1c(CNC(C)C(=O)O)cc(C)cc1-c1c2ccccc2cc2ccccc12. The van der Waals surface area contributed by atoms with Crippen LogP contribution >= 0.6 is 0 Å². The molecule has 0 spiro atoms. The summed E-state index contributed by atoms with van der Waals surface area (Å²) in [7, 11) is 1.59. The lowest BCUT2D eigenvalue weighted by molar-refractivity contribution is -0.139. The molecule has 0 aliphatic heterocycles. The average Bonchev–Trinajstić information content (AvgIpc) is 2.79. The molecule has 0 saturated heterocycles. The van der Waals surface area contributed by atoms with Crippen molar-refractivity contribution in [2.24, 2.45) is 0 Å². The van der Waals surface area contributed by atoms with Crippen molar-refractivity contribution in [3.05, 3.63) is 77.9 Å². The number of carbonyl (C=O) groups is 1. The zero-order valence-electron chi connectivity index (χ0n) is 18.5. The molecule has 0 radical (unpaired) electrons. The highest BCUT2D eigenvalue weighted by Gasteiger charge is 2.19. The van der Waals surface area contributed by atoms with Gasteiger partial charge in [-0.1, -0.05) is 54.6 Å². The molecule has 0 aliphatic carbocycles. The number of rotatable bonds is 8. The van der Waals surface area contributed by atoms with Gasteiger partial charge in [0, 0.05) is 30.3 Å². The number of hydrogen-bond acceptors (Lipinski definition) is 4. The van der Waals surface area contributed by atoms with Crippen molar-refractivity contribution in [2.45, 2.75) is 26.4 Å². The first-order valence-corrected chi connectivity index (χ1v) is 10.6. The standard InChI is InChI=1S/C27H27NO4/c1-17-12-21(15-28-18(2)27(29)30)26(32-16-31-3)24(13-17)25-22-10-6-4-8-19(22)14-20-9-5-7-11-23(20)25/h4-14,18,28H,15-16H2,1-3H3,(H,29,30). The first kappa shape index (κ1) is 21.8. The van der Waals surface area contributed by atoms with Crippen LogP contribution in [0, 0.1) is 6.92 Å². The van der Waals surface area contributed by atoms with E-state index in [1.807, 2.05) is 37.3 Å². The molecule has 32 heavy (non-hydrogen) atoms. The molecule has 0 aliphatic rings. The van der Waals surface area contributed by atoms with E-state index in [2.05, 4.69) is 41.7 Å². The number of hydrogen-bond donors (Lipinski definition) is 2. The van der Waals surface area contributed by atoms with Gasteiger partial charge in [0.05, 0.1) is 0 Å². The minimum absolute atomic E-state index is 0.0975. The first-order valence-electron chi connectivity index (χ1n) is 10.6. The van der Waals surface area contributed by atoms with Crippen molar-refractivity contribution in [3.8, 4) is 16.9 Å². The van der Waals surface area contributed by atoms with Crippen LogP contribution in [-0.4, -0.2) is 31.0 Å². The van der Waals surface area contributed by atoms with E-state index >= 15 is 0 Å². The molecular formula is C27H27NO4. The lowest BCUT2D eigenvalue weighted by atomic mass is 9.89. The van der Waals surface area contributed by atoms with E-state index in [-0.39, 0.29) is 6.79 Å². The van der Waals surface area contributed by atoms with Gasteiger partial charge in [0.1, 0.15) is 11.8 Å². The van der Waals surface area contributed by atoms with E-state index in [1.165, 1.54) is 0 Å². The number of fused-ring (bicyclic) bond motifs is 2. The third-order valence-corrected chi connectivity index (χ3v) is 5.64. The maximum atomic E-state index is 11.3. The maximum Gasteiger partial charge on any atom is 0.320 e. The predicted octanol–water partition coefficient (Wildman–Crippen LogP) is 5.51. The molecule has 5 heteroatoms. The zero-order chi connectivity index (χ0) is 22.7. The Morgan fingerprint density at radius 3 is 2.22 bits per heavy atom. The van der Waals surface area contributed by atoms with Gasteiger partial charge in [-0.05, 0) is 53.1 Å². The second-order valence-electron chi connectivity index (χ2n) is 7.99. The smallest absolute Gasteiger partial charge is 0.320 e. The number of carboxylic acid groups (broad SMARTS) is 1. The van der Waals surface area contributed by atoms with Gasteiger partial charge in [0.2, 0.25) is 0 Å². The number of benzene rings is 4. The first-order chi connectivity index (χ1) is 15.5. The molecule has 1 atom stereocenters. The molecule has 2 N–H and O–H groups in total. The number of nitrogens with one attached hydrogen (secondary N) is 1. The van der Waals surface area contributed by atoms with E-state index in [9.17, 15) is 9.90 Å². The Balaban J connectivity index is 1.98. The molecule has 164 valence electrons. The van der Waals surface area contributed by atoms with Gasteiger partial charge in [-0.15, -0.1) is 0 Å². The van der Waals surface area contributed by atoms with Crippen molar-refractivity contribution >= 4 is 27.5 Å². The summed E-state index contributed by atoms with van der Waals surface area (Å²) in [6.45, 7) is 4.14. The molecule has 4 aromatic rings. The molecule has 4 rings (SSSR count). The Morgan fingerprint density at radius 2 is 1.62 bits per heavy atom. The van der Waals surface area contributed by atoms with Gasteiger partial charge in [-0.2, -0.15) is 0 Å². The molecule has 0 bridgehead atoms. The molecule has 0 fully saturated rings. The highest BCUT2D eigenvalue weighted by atomic mass is 16.7. The average molecular weight is 430 g/mol. The molecule has 0 aromatic heterocycles. The van der Waals surface area contributed by atoms with Crippen LogP contribution in [0.15, 0.2) is 66.7 Å². The van der Waals surface area contributed by atoms with Gasteiger partial charge in [-0.25, -0.2) is 0 Å². The highest BCUT2D eigenvalue weighted by molar-refractivity contribution is 6.13. The van der Waals surface area contributed by atoms with E-state index in [1.54, 1.807) is 14.0 Å². The summed E-state index contributed by atoms with van der Waals surface area (Å²) < 4.78 is 11.3. The van der Waals surface area contributed by atoms with E-state index in [4.69, 9.17) is 9.47 Å². The van der Waals surface area contributed by atoms with Gasteiger partial charge >= 0.3 is 5.97 Å². The number of methoxy groups -OCH3 is 1. The predicted molar refractivity (Wildman–Crippen MR) is 128 cm³/mol. The van der Waals surface area contributed by atoms with Crippen LogP contribution in [0.25, 0.3) is 32.7 Å². The molecule has 0 saturated carbocycles. The minimum Gasteiger partial charge on any atom is -0.480 e. The van der Waals surface area contributed by atoms with Crippen LogP contribution in [0.1, 0.15) is 18.1 Å². The Morgan fingerprint density at radius 1 is 1.00 bits per heavy atom. The number of ether oxygens (including phenoxy) is 2. The summed E-state index contributed by atoms with van der Waals surface area (Å²) in [5.74, 6) is -0.193. The van der Waals surface area contributed by atoms with Crippen molar-refractivity contribution < 1.29 is 19.4 Å². The molecule has 0 heterocycles. The fraction of sp³-hybridized carbons (Fsp3) is 0.222. The largest absolute Gasteiger partial charge is 0.480 e. The van der Waals surface area contributed by atoms with Crippen molar-refractivity contribution in [2.75, 3.05) is 13.9 Å². The lowest BCUT2D eigenvalue weighted by Crippen LogP contribution is -2.33. The number of carboxylic acids is 1. The van der Waals surface area contributed by atoms with Crippen LogP contribution in [0.4, 0.5) is 0 Å². The fourth-order valence-corrected chi connectivity index (χ4v) is 4.11. The second-order valence-corrected chi connectivity index (χ2v) is 7.99. The van der Waals surface area contributed by atoms with Gasteiger partial charge in [0.25, 0.3) is 0 Å². The van der Waals surface area contributed by atoms with Crippen LogP contribution in [0.2, 0.25) is 0 Å². The summed E-state index contributed by atoms with van der Waals surface area (Å²) in [5, 5.41) is 16.9. The number of aliphatic carboxylic acids is 1. The molecular weight excluding hydrogens is 402 g/mol. The summed E-state index contributed by atoms with van der Waals surface area (Å²) >= 11 is 0. The topological polar surface area (TPSA) is 67.8 Å². The van der Waals surface area contributed by atoms with Crippen molar-refractivity contribution in [1.82, 2.24) is 5.32 Å². The summed E-state index contributed by atoms with van der Waals surface area (Å²) in [6, 6.07) is 22.4. The third-order valence-electron chi connectivity index (χ3n) is 5.64. The Labute approximate surface area is 187 Å². The van der Waals surface area contributed by atoms with Crippen LogP contribution < -0.4 is 10.1 Å². The number of aryl methyl sites for hydroxylation is 1. The van der Waals surface area contributed by atoms with Crippen LogP contribution in [-0.2, 0) is 16.1 Å².